The molecule has 0 saturated carbocycles. The number of primary amides is 1. The van der Waals surface area contributed by atoms with Gasteiger partial charge in [-0.05, 0) is 36.8 Å². The van der Waals surface area contributed by atoms with Gasteiger partial charge in [0.2, 0.25) is 21.2 Å². The van der Waals surface area contributed by atoms with Crippen LogP contribution < -0.4 is 5.73 Å². The molecule has 0 aliphatic heterocycles. The highest BCUT2D eigenvalue weighted by atomic mass is 35.5. The van der Waals surface area contributed by atoms with E-state index in [0.717, 1.165) is 17.7 Å². The lowest BCUT2D eigenvalue weighted by Gasteiger charge is -2.18. The molecule has 10 heteroatoms. The van der Waals surface area contributed by atoms with E-state index in [0.29, 0.717) is 26.5 Å². The molecule has 3 aromatic rings. The molecule has 1 aromatic heterocycles. The molecule has 3 rings (SSSR count). The highest BCUT2D eigenvalue weighted by molar-refractivity contribution is 7.92. The van der Waals surface area contributed by atoms with Crippen molar-refractivity contribution in [3.05, 3.63) is 75.9 Å². The Hall–Kier alpha value is -2.81. The SMILES string of the molecule is Cc1ccc(S(=O)(=O)C(Cc2c[nH]c3cc(Cl)cc(Cl)c23)OC(=O)C=CC(N)=O)cc1. The molecule has 1 amide bonds. The van der Waals surface area contributed by atoms with Gasteiger partial charge in [0.1, 0.15) is 0 Å². The fourth-order valence-electron chi connectivity index (χ4n) is 3.00. The van der Waals surface area contributed by atoms with Crippen molar-refractivity contribution < 1.29 is 22.7 Å². The molecule has 0 radical (unpaired) electrons. The summed E-state index contributed by atoms with van der Waals surface area (Å²) in [6.07, 6.45) is 2.97. The van der Waals surface area contributed by atoms with Crippen molar-refractivity contribution in [2.24, 2.45) is 5.73 Å². The number of halogens is 2. The molecule has 2 aromatic carbocycles. The van der Waals surface area contributed by atoms with Crippen molar-refractivity contribution >= 4 is 55.8 Å². The number of benzene rings is 2. The van der Waals surface area contributed by atoms with Gasteiger partial charge in [-0.2, -0.15) is 0 Å². The first-order valence-electron chi connectivity index (χ1n) is 9.01. The van der Waals surface area contributed by atoms with Crippen LogP contribution in [0.25, 0.3) is 10.9 Å². The van der Waals surface area contributed by atoms with Crippen molar-refractivity contribution in [2.75, 3.05) is 0 Å². The lowest BCUT2D eigenvalue weighted by atomic mass is 10.1. The Labute approximate surface area is 188 Å². The number of aromatic nitrogens is 1. The maximum absolute atomic E-state index is 13.3. The van der Waals surface area contributed by atoms with Gasteiger partial charge in [-0.25, -0.2) is 13.2 Å². The third-order valence-corrected chi connectivity index (χ3v) is 6.89. The number of fused-ring (bicyclic) bond motifs is 1. The smallest absolute Gasteiger partial charge is 0.332 e. The van der Waals surface area contributed by atoms with Gasteiger partial charge in [0.25, 0.3) is 0 Å². The van der Waals surface area contributed by atoms with Gasteiger partial charge < -0.3 is 15.5 Å². The number of aryl methyl sites for hydroxylation is 1. The Morgan fingerprint density at radius 3 is 2.48 bits per heavy atom. The summed E-state index contributed by atoms with van der Waals surface area (Å²) in [7, 11) is -4.09. The third kappa shape index (κ3) is 5.28. The van der Waals surface area contributed by atoms with Gasteiger partial charge in [0.15, 0.2) is 0 Å². The highest BCUT2D eigenvalue weighted by Gasteiger charge is 2.32. The summed E-state index contributed by atoms with van der Waals surface area (Å²) in [6.45, 7) is 1.82. The lowest BCUT2D eigenvalue weighted by Crippen LogP contribution is -2.29. The zero-order valence-corrected chi connectivity index (χ0v) is 18.6. The Balaban J connectivity index is 2.03. The van der Waals surface area contributed by atoms with Crippen LogP contribution in [0, 0.1) is 6.92 Å². The number of amides is 1. The molecule has 0 spiro atoms. The molecular formula is C21H18Cl2N2O5S. The van der Waals surface area contributed by atoms with Gasteiger partial charge in [-0.3, -0.25) is 4.79 Å². The summed E-state index contributed by atoms with van der Waals surface area (Å²) >= 11 is 12.3. The van der Waals surface area contributed by atoms with E-state index in [9.17, 15) is 18.0 Å². The maximum Gasteiger partial charge on any atom is 0.332 e. The zero-order valence-electron chi connectivity index (χ0n) is 16.3. The normalized spacial score (nSPS) is 12.9. The molecule has 1 unspecified atom stereocenters. The predicted octanol–water partition coefficient (Wildman–Crippen LogP) is 3.71. The number of ether oxygens (including phenoxy) is 1. The number of sulfone groups is 1. The number of nitrogens with one attached hydrogen (secondary N) is 1. The molecule has 1 atom stereocenters. The van der Waals surface area contributed by atoms with Crippen LogP contribution in [0.3, 0.4) is 0 Å². The number of aromatic amines is 1. The van der Waals surface area contributed by atoms with E-state index in [1.165, 1.54) is 18.2 Å². The number of hydrogen-bond acceptors (Lipinski definition) is 5. The van der Waals surface area contributed by atoms with Crippen molar-refractivity contribution in [1.29, 1.82) is 0 Å². The Morgan fingerprint density at radius 2 is 1.84 bits per heavy atom. The molecule has 3 N–H and O–H groups in total. The molecule has 162 valence electrons. The quantitative estimate of drug-likeness (QED) is 0.394. The Bertz CT molecular complexity index is 1280. The number of hydrogen-bond donors (Lipinski definition) is 2. The minimum atomic E-state index is -4.09. The van der Waals surface area contributed by atoms with Crippen LogP contribution in [0.1, 0.15) is 11.1 Å². The molecule has 1 heterocycles. The first kappa shape index (κ1) is 22.9. The molecular weight excluding hydrogens is 463 g/mol. The molecule has 0 bridgehead atoms. The van der Waals surface area contributed by atoms with E-state index >= 15 is 0 Å². The van der Waals surface area contributed by atoms with E-state index in [1.54, 1.807) is 24.4 Å². The van der Waals surface area contributed by atoms with E-state index < -0.39 is 27.1 Å². The second kappa shape index (κ2) is 9.13. The number of carbonyl (C=O) groups is 2. The summed E-state index contributed by atoms with van der Waals surface area (Å²) in [5.74, 6) is -1.89. The van der Waals surface area contributed by atoms with E-state index in [-0.39, 0.29) is 11.3 Å². The van der Waals surface area contributed by atoms with Gasteiger partial charge in [-0.1, -0.05) is 40.9 Å². The Morgan fingerprint density at radius 1 is 1.16 bits per heavy atom. The average molecular weight is 481 g/mol. The summed E-state index contributed by atoms with van der Waals surface area (Å²) < 4.78 is 31.8. The standard InChI is InChI=1S/C21H18Cl2N2O5S/c1-12-2-4-15(5-3-12)31(28,29)20(30-19(27)7-6-18(24)26)8-13-11-25-17-10-14(22)9-16(23)21(13)17/h2-7,9-11,20,25H,8H2,1H3,(H2,24,26). The summed E-state index contributed by atoms with van der Waals surface area (Å²) in [6, 6.07) is 9.34. The van der Waals surface area contributed by atoms with E-state index in [4.69, 9.17) is 33.7 Å². The van der Waals surface area contributed by atoms with Crippen LogP contribution in [0.4, 0.5) is 0 Å². The lowest BCUT2D eigenvalue weighted by molar-refractivity contribution is -0.139. The van der Waals surface area contributed by atoms with Crippen molar-refractivity contribution in [3.63, 3.8) is 0 Å². The van der Waals surface area contributed by atoms with Crippen molar-refractivity contribution in [3.8, 4) is 0 Å². The van der Waals surface area contributed by atoms with Crippen LogP contribution in [0.5, 0.6) is 0 Å². The van der Waals surface area contributed by atoms with Crippen LogP contribution in [0.2, 0.25) is 10.0 Å². The predicted molar refractivity (Wildman–Crippen MR) is 119 cm³/mol. The minimum absolute atomic E-state index is 0.0104. The fourth-order valence-corrected chi connectivity index (χ4v) is 5.06. The average Bonchev–Trinajstić information content (AvgIpc) is 3.09. The first-order valence-corrected chi connectivity index (χ1v) is 11.3. The number of H-pyrrole nitrogens is 1. The fraction of sp³-hybridized carbons (Fsp3) is 0.143. The zero-order chi connectivity index (χ0) is 22.8. The summed E-state index contributed by atoms with van der Waals surface area (Å²) in [5, 5.41) is 1.31. The second-order valence-electron chi connectivity index (χ2n) is 6.79. The van der Waals surface area contributed by atoms with Crippen molar-refractivity contribution in [2.45, 2.75) is 23.7 Å². The third-order valence-electron chi connectivity index (χ3n) is 4.49. The van der Waals surface area contributed by atoms with E-state index in [1.807, 2.05) is 6.92 Å². The number of nitrogens with two attached hydrogens (primary N) is 1. The molecule has 0 aliphatic carbocycles. The molecule has 0 aliphatic rings. The maximum atomic E-state index is 13.3. The second-order valence-corrected chi connectivity index (χ2v) is 9.72. The van der Waals surface area contributed by atoms with Gasteiger partial charge in [0.05, 0.1) is 9.92 Å². The van der Waals surface area contributed by atoms with Gasteiger partial charge >= 0.3 is 5.97 Å². The number of carbonyl (C=O) groups excluding carboxylic acids is 2. The number of esters is 1. The van der Waals surface area contributed by atoms with Crippen molar-refractivity contribution in [1.82, 2.24) is 4.98 Å². The summed E-state index contributed by atoms with van der Waals surface area (Å²) in [5.41, 5.74) is 5.40. The van der Waals surface area contributed by atoms with E-state index in [2.05, 4.69) is 4.98 Å². The largest absolute Gasteiger partial charge is 0.442 e. The summed E-state index contributed by atoms with van der Waals surface area (Å²) in [4.78, 5) is 26.0. The highest BCUT2D eigenvalue weighted by Crippen LogP contribution is 2.32. The van der Waals surface area contributed by atoms with Crippen LogP contribution in [-0.4, -0.2) is 30.7 Å². The number of rotatable bonds is 7. The van der Waals surface area contributed by atoms with Crippen LogP contribution in [0.15, 0.2) is 59.6 Å². The molecule has 0 saturated heterocycles. The van der Waals surface area contributed by atoms with Gasteiger partial charge in [0, 0.05) is 40.7 Å². The van der Waals surface area contributed by atoms with Crippen LogP contribution in [-0.2, 0) is 30.6 Å². The first-order chi connectivity index (χ1) is 14.6. The molecule has 31 heavy (non-hydrogen) atoms. The Kier molecular flexibility index (Phi) is 6.74. The topological polar surface area (TPSA) is 119 Å². The monoisotopic (exact) mass is 480 g/mol. The molecule has 0 fully saturated rings. The molecule has 7 nitrogen and oxygen atoms in total. The minimum Gasteiger partial charge on any atom is -0.442 e. The van der Waals surface area contributed by atoms with Crippen LogP contribution >= 0.6 is 23.2 Å². The van der Waals surface area contributed by atoms with Gasteiger partial charge in [-0.15, -0.1) is 0 Å².